The summed E-state index contributed by atoms with van der Waals surface area (Å²) in [5, 5.41) is 6.90. The van der Waals surface area contributed by atoms with Gasteiger partial charge in [-0.1, -0.05) is 6.07 Å². The van der Waals surface area contributed by atoms with Crippen LogP contribution < -0.4 is 20.3 Å². The lowest BCUT2D eigenvalue weighted by Crippen LogP contribution is -2.36. The van der Waals surface area contributed by atoms with Gasteiger partial charge in [0.05, 0.1) is 37.0 Å². The maximum absolute atomic E-state index is 5.65. The van der Waals surface area contributed by atoms with Crippen molar-refractivity contribution < 1.29 is 9.47 Å². The molecule has 0 bridgehead atoms. The summed E-state index contributed by atoms with van der Waals surface area (Å²) in [6.45, 7) is 5.18. The fraction of sp³-hybridized carbons (Fsp3) is 0.429. The number of hydrogen-bond acceptors (Lipinski definition) is 7. The van der Waals surface area contributed by atoms with Crippen LogP contribution in [0.1, 0.15) is 6.42 Å². The standard InChI is InChI=1S/C21H26N6O2/c1-28-19-11-16-17(12-18(19)26-7-9-29-10-8-26)27(14-23-16)21-4-2-3-20(25-21)24-15-5-6-22-13-15/h2-4,11-12,14-15,22H,5-10,13H2,1H3,(H,24,25). The summed E-state index contributed by atoms with van der Waals surface area (Å²) in [6.07, 6.45) is 2.94. The van der Waals surface area contributed by atoms with Gasteiger partial charge in [0.1, 0.15) is 23.7 Å². The van der Waals surface area contributed by atoms with E-state index in [1.54, 1.807) is 7.11 Å². The van der Waals surface area contributed by atoms with Crippen molar-refractivity contribution in [1.29, 1.82) is 0 Å². The smallest absolute Gasteiger partial charge is 0.144 e. The summed E-state index contributed by atoms with van der Waals surface area (Å²) in [4.78, 5) is 11.7. The second kappa shape index (κ2) is 7.88. The Morgan fingerprint density at radius 3 is 2.93 bits per heavy atom. The van der Waals surface area contributed by atoms with E-state index >= 15 is 0 Å². The quantitative estimate of drug-likeness (QED) is 0.686. The molecule has 3 aromatic rings. The number of nitrogens with zero attached hydrogens (tertiary/aromatic N) is 4. The first-order valence-corrected chi connectivity index (χ1v) is 10.1. The molecule has 2 N–H and O–H groups in total. The molecule has 5 rings (SSSR count). The van der Waals surface area contributed by atoms with Gasteiger partial charge in [0.25, 0.3) is 0 Å². The summed E-state index contributed by atoms with van der Waals surface area (Å²) in [5.74, 6) is 2.57. The van der Waals surface area contributed by atoms with Gasteiger partial charge in [-0.3, -0.25) is 4.57 Å². The number of rotatable bonds is 5. The lowest BCUT2D eigenvalue weighted by atomic mass is 10.2. The largest absolute Gasteiger partial charge is 0.495 e. The van der Waals surface area contributed by atoms with Crippen molar-refractivity contribution in [3.05, 3.63) is 36.7 Å². The molecule has 0 radical (unpaired) electrons. The zero-order valence-corrected chi connectivity index (χ0v) is 16.6. The number of pyridine rings is 1. The van der Waals surface area contributed by atoms with Crippen LogP contribution in [0.3, 0.4) is 0 Å². The van der Waals surface area contributed by atoms with E-state index in [4.69, 9.17) is 14.5 Å². The lowest BCUT2D eigenvalue weighted by Gasteiger charge is -2.30. The SMILES string of the molecule is COc1cc2ncn(-c3cccc(NC4CCNC4)n3)c2cc1N1CCOCC1. The van der Waals surface area contributed by atoms with Gasteiger partial charge in [0.15, 0.2) is 0 Å². The summed E-state index contributed by atoms with van der Waals surface area (Å²) in [6, 6.07) is 10.6. The second-order valence-corrected chi connectivity index (χ2v) is 7.44. The van der Waals surface area contributed by atoms with Crippen molar-refractivity contribution in [2.75, 3.05) is 56.7 Å². The van der Waals surface area contributed by atoms with Crippen LogP contribution in [0.5, 0.6) is 5.75 Å². The molecule has 2 aromatic heterocycles. The average molecular weight is 394 g/mol. The number of methoxy groups -OCH3 is 1. The van der Waals surface area contributed by atoms with Crippen molar-refractivity contribution in [2.24, 2.45) is 0 Å². The number of hydrogen-bond donors (Lipinski definition) is 2. The molecule has 0 aliphatic carbocycles. The van der Waals surface area contributed by atoms with Gasteiger partial charge in [0, 0.05) is 31.7 Å². The second-order valence-electron chi connectivity index (χ2n) is 7.44. The zero-order chi connectivity index (χ0) is 19.6. The van der Waals surface area contributed by atoms with E-state index in [0.717, 1.165) is 79.9 Å². The number of nitrogens with one attached hydrogen (secondary N) is 2. The van der Waals surface area contributed by atoms with Crippen LogP contribution in [0.25, 0.3) is 16.9 Å². The zero-order valence-electron chi connectivity index (χ0n) is 16.6. The first kappa shape index (κ1) is 18.2. The van der Waals surface area contributed by atoms with Gasteiger partial charge >= 0.3 is 0 Å². The van der Waals surface area contributed by atoms with Gasteiger partial charge < -0.3 is 25.0 Å². The number of fused-ring (bicyclic) bond motifs is 1. The highest BCUT2D eigenvalue weighted by Crippen LogP contribution is 2.34. The normalized spacial score (nSPS) is 19.6. The Labute approximate surface area is 169 Å². The first-order valence-electron chi connectivity index (χ1n) is 10.1. The molecule has 152 valence electrons. The Bertz CT molecular complexity index is 992. The number of ether oxygens (including phenoxy) is 2. The molecule has 2 saturated heterocycles. The van der Waals surface area contributed by atoms with E-state index in [0.29, 0.717) is 6.04 Å². The minimum Gasteiger partial charge on any atom is -0.495 e. The monoisotopic (exact) mass is 394 g/mol. The van der Waals surface area contributed by atoms with E-state index in [2.05, 4.69) is 26.6 Å². The molecule has 2 aliphatic heterocycles. The van der Waals surface area contributed by atoms with Gasteiger partial charge in [-0.15, -0.1) is 0 Å². The molecule has 29 heavy (non-hydrogen) atoms. The molecule has 2 aliphatic rings. The summed E-state index contributed by atoms with van der Waals surface area (Å²) >= 11 is 0. The van der Waals surface area contributed by atoms with Crippen LogP contribution in [0.4, 0.5) is 11.5 Å². The molecule has 8 heteroatoms. The van der Waals surface area contributed by atoms with Crippen LogP contribution >= 0.6 is 0 Å². The van der Waals surface area contributed by atoms with Crippen molar-refractivity contribution in [2.45, 2.75) is 12.5 Å². The fourth-order valence-corrected chi connectivity index (χ4v) is 4.05. The minimum absolute atomic E-state index is 0.425. The number of morpholine rings is 1. The van der Waals surface area contributed by atoms with E-state index in [1.165, 1.54) is 0 Å². The highest BCUT2D eigenvalue weighted by atomic mass is 16.5. The van der Waals surface area contributed by atoms with Crippen LogP contribution in [0.15, 0.2) is 36.7 Å². The number of anilines is 2. The highest BCUT2D eigenvalue weighted by Gasteiger charge is 2.19. The highest BCUT2D eigenvalue weighted by molar-refractivity contribution is 5.85. The number of benzene rings is 1. The molecule has 1 aromatic carbocycles. The van der Waals surface area contributed by atoms with Gasteiger partial charge in [-0.25, -0.2) is 9.97 Å². The molecular formula is C21H26N6O2. The van der Waals surface area contributed by atoms with Gasteiger partial charge in [-0.2, -0.15) is 0 Å². The first-order chi connectivity index (χ1) is 14.3. The molecule has 0 spiro atoms. The fourth-order valence-electron chi connectivity index (χ4n) is 4.05. The predicted molar refractivity (Wildman–Crippen MR) is 113 cm³/mol. The number of aromatic nitrogens is 3. The van der Waals surface area contributed by atoms with E-state index in [9.17, 15) is 0 Å². The van der Waals surface area contributed by atoms with Crippen LogP contribution in [0.2, 0.25) is 0 Å². The van der Waals surface area contributed by atoms with Gasteiger partial charge in [-0.05, 0) is 31.2 Å². The molecule has 0 saturated carbocycles. The van der Waals surface area contributed by atoms with E-state index in [-0.39, 0.29) is 0 Å². The lowest BCUT2D eigenvalue weighted by molar-refractivity contribution is 0.122. The molecule has 2 fully saturated rings. The van der Waals surface area contributed by atoms with Crippen molar-refractivity contribution >= 4 is 22.5 Å². The van der Waals surface area contributed by atoms with Crippen molar-refractivity contribution in [3.8, 4) is 11.6 Å². The molecule has 0 amide bonds. The summed E-state index contributed by atoms with van der Waals surface area (Å²) in [7, 11) is 1.71. The Hall–Kier alpha value is -2.84. The topological polar surface area (TPSA) is 76.5 Å². The minimum atomic E-state index is 0.425. The summed E-state index contributed by atoms with van der Waals surface area (Å²) in [5.41, 5.74) is 2.97. The Kier molecular flexibility index (Phi) is 4.95. The van der Waals surface area contributed by atoms with E-state index in [1.807, 2.05) is 35.2 Å². The molecule has 4 heterocycles. The number of imidazole rings is 1. The maximum atomic E-state index is 5.65. The Morgan fingerprint density at radius 1 is 1.24 bits per heavy atom. The summed E-state index contributed by atoms with van der Waals surface area (Å²) < 4.78 is 13.2. The third kappa shape index (κ3) is 3.61. The molecule has 8 nitrogen and oxygen atoms in total. The predicted octanol–water partition coefficient (Wildman–Crippen LogP) is 2.04. The average Bonchev–Trinajstić information content (AvgIpc) is 3.43. The molecular weight excluding hydrogens is 368 g/mol. The maximum Gasteiger partial charge on any atom is 0.144 e. The van der Waals surface area contributed by atoms with Crippen LogP contribution in [0, 0.1) is 0 Å². The third-order valence-electron chi connectivity index (χ3n) is 5.59. The Morgan fingerprint density at radius 2 is 2.14 bits per heavy atom. The molecule has 1 unspecified atom stereocenters. The van der Waals surface area contributed by atoms with E-state index < -0.39 is 0 Å². The molecule has 1 atom stereocenters. The third-order valence-corrected chi connectivity index (χ3v) is 5.59. The van der Waals surface area contributed by atoms with Crippen molar-refractivity contribution in [3.63, 3.8) is 0 Å². The van der Waals surface area contributed by atoms with Crippen molar-refractivity contribution in [1.82, 2.24) is 19.9 Å². The van der Waals surface area contributed by atoms with Crippen LogP contribution in [-0.2, 0) is 4.74 Å². The Balaban J connectivity index is 1.51. The van der Waals surface area contributed by atoms with Gasteiger partial charge in [0.2, 0.25) is 0 Å². The van der Waals surface area contributed by atoms with Crippen LogP contribution in [-0.4, -0.2) is 67.1 Å².